The quantitative estimate of drug-likeness (QED) is 0.523. The zero-order valence-corrected chi connectivity index (χ0v) is 20.9. The number of morpholine rings is 1. The summed E-state index contributed by atoms with van der Waals surface area (Å²) in [4.78, 5) is 39.0. The summed E-state index contributed by atoms with van der Waals surface area (Å²) in [6, 6.07) is 8.07. The third-order valence-corrected chi connectivity index (χ3v) is 6.85. The summed E-state index contributed by atoms with van der Waals surface area (Å²) >= 11 is 6.18. The fourth-order valence-electron chi connectivity index (χ4n) is 3.16. The van der Waals surface area contributed by atoms with Gasteiger partial charge < -0.3 is 25.0 Å². The highest BCUT2D eigenvalue weighted by molar-refractivity contribution is 9.11. The van der Waals surface area contributed by atoms with Gasteiger partial charge in [0, 0.05) is 17.9 Å². The second-order valence-corrected chi connectivity index (χ2v) is 10.4. The van der Waals surface area contributed by atoms with E-state index < -0.39 is 12.1 Å². The maximum absolute atomic E-state index is 12.9. The Balaban J connectivity index is 1.65. The van der Waals surface area contributed by atoms with E-state index in [1.54, 1.807) is 40.9 Å². The van der Waals surface area contributed by atoms with Crippen molar-refractivity contribution < 1.29 is 23.9 Å². The third-order valence-electron chi connectivity index (χ3n) is 4.70. The molecule has 0 bridgehead atoms. The molecule has 1 saturated heterocycles. The number of thioether (sulfide) groups is 1. The van der Waals surface area contributed by atoms with Crippen molar-refractivity contribution in [3.63, 3.8) is 0 Å². The molecule has 3 rings (SSSR count). The van der Waals surface area contributed by atoms with Crippen molar-refractivity contribution in [3.8, 4) is 5.06 Å². The van der Waals surface area contributed by atoms with Crippen LogP contribution in [-0.2, 0) is 14.3 Å². The van der Waals surface area contributed by atoms with Gasteiger partial charge in [0.25, 0.3) is 5.91 Å². The van der Waals surface area contributed by atoms with E-state index in [-0.39, 0.29) is 18.4 Å². The van der Waals surface area contributed by atoms with Gasteiger partial charge in [-0.3, -0.25) is 9.59 Å². The highest BCUT2D eigenvalue weighted by Crippen LogP contribution is 2.29. The summed E-state index contributed by atoms with van der Waals surface area (Å²) in [6.07, 6.45) is 1.71. The smallest absolute Gasteiger partial charge is 0.399 e. The molecule has 0 spiro atoms. The molecule has 11 heteroatoms. The summed E-state index contributed by atoms with van der Waals surface area (Å²) in [5.41, 5.74) is 2.23. The highest BCUT2D eigenvalue weighted by Gasteiger charge is 2.24. The summed E-state index contributed by atoms with van der Waals surface area (Å²) in [5.74, 6) is 0.270. The van der Waals surface area contributed by atoms with Crippen molar-refractivity contribution in [1.82, 2.24) is 5.32 Å². The van der Waals surface area contributed by atoms with Gasteiger partial charge >= 0.3 is 6.09 Å². The lowest BCUT2D eigenvalue weighted by molar-refractivity contribution is -0.125. The first-order valence-electron chi connectivity index (χ1n) is 9.89. The molecule has 3 amide bonds. The van der Waals surface area contributed by atoms with E-state index in [2.05, 4.69) is 26.6 Å². The molecule has 2 heterocycles. The molecule has 1 aromatic heterocycles. The van der Waals surface area contributed by atoms with Gasteiger partial charge in [-0.1, -0.05) is 11.3 Å². The van der Waals surface area contributed by atoms with Gasteiger partial charge in [-0.25, -0.2) is 4.79 Å². The number of hydrogen-bond donors (Lipinski definition) is 2. The van der Waals surface area contributed by atoms with Crippen molar-refractivity contribution >= 4 is 68.3 Å². The molecule has 1 aliphatic heterocycles. The SMILES string of the molecule is CSCCC(NC(=O)Oc1ccc(Br)s1)C(=O)Nc1ccc(N2CCOCC2=O)c(C)c1. The maximum Gasteiger partial charge on any atom is 0.414 e. The second-order valence-electron chi connectivity index (χ2n) is 7.01. The molecule has 0 saturated carbocycles. The Labute approximate surface area is 203 Å². The van der Waals surface area contributed by atoms with Crippen LogP contribution < -0.4 is 20.3 Å². The van der Waals surface area contributed by atoms with Gasteiger partial charge in [0.1, 0.15) is 12.6 Å². The van der Waals surface area contributed by atoms with Crippen LogP contribution >= 0.6 is 39.0 Å². The van der Waals surface area contributed by atoms with Crippen LogP contribution in [0.4, 0.5) is 16.2 Å². The van der Waals surface area contributed by atoms with E-state index in [0.29, 0.717) is 36.1 Å². The average molecular weight is 542 g/mol. The number of carbonyl (C=O) groups excluding carboxylic acids is 3. The number of nitrogens with zero attached hydrogens (tertiary/aromatic N) is 1. The van der Waals surface area contributed by atoms with Crippen LogP contribution in [0.3, 0.4) is 0 Å². The molecule has 2 N–H and O–H groups in total. The van der Waals surface area contributed by atoms with E-state index in [1.165, 1.54) is 11.3 Å². The summed E-state index contributed by atoms with van der Waals surface area (Å²) < 4.78 is 11.3. The average Bonchev–Trinajstić information content (AvgIpc) is 3.16. The minimum Gasteiger partial charge on any atom is -0.399 e. The predicted molar refractivity (Wildman–Crippen MR) is 131 cm³/mol. The Bertz CT molecular complexity index is 984. The van der Waals surface area contributed by atoms with Crippen LogP contribution in [0.5, 0.6) is 5.06 Å². The highest BCUT2D eigenvalue weighted by atomic mass is 79.9. The molecular formula is C21H24BrN3O5S2. The topological polar surface area (TPSA) is 97.0 Å². The van der Waals surface area contributed by atoms with Crippen LogP contribution in [0.2, 0.25) is 0 Å². The molecule has 1 fully saturated rings. The van der Waals surface area contributed by atoms with Gasteiger partial charge in [0.05, 0.1) is 10.4 Å². The van der Waals surface area contributed by atoms with Crippen molar-refractivity contribution in [1.29, 1.82) is 0 Å². The maximum atomic E-state index is 12.9. The number of hydrogen-bond acceptors (Lipinski definition) is 7. The lowest BCUT2D eigenvalue weighted by atomic mass is 10.1. The first-order valence-corrected chi connectivity index (χ1v) is 12.9. The number of benzene rings is 1. The van der Waals surface area contributed by atoms with E-state index >= 15 is 0 Å². The normalized spacial score (nSPS) is 14.7. The lowest BCUT2D eigenvalue weighted by Gasteiger charge is -2.28. The molecule has 1 unspecified atom stereocenters. The molecular weight excluding hydrogens is 518 g/mol. The standard InChI is InChI=1S/C21H24BrN3O5S2/c1-13-11-14(3-4-16(13)25-8-9-29-12-18(25)26)23-20(27)15(7-10-31-2)24-21(28)30-19-6-5-17(22)32-19/h3-6,11,15H,7-10,12H2,1-2H3,(H,23,27)(H,24,28). The summed E-state index contributed by atoms with van der Waals surface area (Å²) in [7, 11) is 0. The van der Waals surface area contributed by atoms with Crippen molar-refractivity contribution in [3.05, 3.63) is 39.7 Å². The Morgan fingerprint density at radius 2 is 2.16 bits per heavy atom. The number of halogens is 1. The molecule has 1 atom stereocenters. The summed E-state index contributed by atoms with van der Waals surface area (Å²) in [6.45, 7) is 2.94. The van der Waals surface area contributed by atoms with Gasteiger partial charge in [-0.05, 0) is 77.2 Å². The number of nitrogens with one attached hydrogen (secondary N) is 2. The van der Waals surface area contributed by atoms with Crippen LogP contribution in [0.25, 0.3) is 0 Å². The van der Waals surface area contributed by atoms with Gasteiger partial charge in [-0.2, -0.15) is 11.8 Å². The number of carbonyl (C=O) groups is 3. The zero-order chi connectivity index (χ0) is 23.1. The number of aryl methyl sites for hydroxylation is 1. The number of anilines is 2. The van der Waals surface area contributed by atoms with E-state index in [1.807, 2.05) is 19.2 Å². The molecule has 8 nitrogen and oxygen atoms in total. The monoisotopic (exact) mass is 541 g/mol. The fourth-order valence-corrected chi connectivity index (χ4v) is 4.82. The Hall–Kier alpha value is -2.08. The first kappa shape index (κ1) is 24.6. The number of amides is 3. The van der Waals surface area contributed by atoms with Crippen molar-refractivity contribution in [2.45, 2.75) is 19.4 Å². The fraction of sp³-hybridized carbons (Fsp3) is 0.381. The minimum atomic E-state index is -0.751. The minimum absolute atomic E-state index is 0.0687. The molecule has 0 aliphatic carbocycles. The van der Waals surface area contributed by atoms with Crippen LogP contribution in [0.1, 0.15) is 12.0 Å². The zero-order valence-electron chi connectivity index (χ0n) is 17.7. The Morgan fingerprint density at radius 1 is 1.34 bits per heavy atom. The first-order chi connectivity index (χ1) is 15.4. The summed E-state index contributed by atoms with van der Waals surface area (Å²) in [5, 5.41) is 5.94. The van der Waals surface area contributed by atoms with Gasteiger partial charge in [0.2, 0.25) is 5.91 Å². The third kappa shape index (κ3) is 6.71. The molecule has 172 valence electrons. The number of rotatable bonds is 8. The predicted octanol–water partition coefficient (Wildman–Crippen LogP) is 4.03. The molecule has 1 aromatic carbocycles. The molecule has 2 aromatic rings. The molecule has 32 heavy (non-hydrogen) atoms. The molecule has 0 radical (unpaired) electrons. The van der Waals surface area contributed by atoms with Crippen molar-refractivity contribution in [2.75, 3.05) is 42.0 Å². The van der Waals surface area contributed by atoms with Crippen LogP contribution in [0.15, 0.2) is 34.1 Å². The van der Waals surface area contributed by atoms with Crippen LogP contribution in [0, 0.1) is 6.92 Å². The van der Waals surface area contributed by atoms with Gasteiger partial charge in [-0.15, -0.1) is 0 Å². The molecule has 1 aliphatic rings. The number of ether oxygens (including phenoxy) is 2. The lowest BCUT2D eigenvalue weighted by Crippen LogP contribution is -2.45. The Kier molecular flexibility index (Phi) is 8.97. The van der Waals surface area contributed by atoms with Crippen molar-refractivity contribution in [2.24, 2.45) is 0 Å². The Morgan fingerprint density at radius 3 is 2.81 bits per heavy atom. The van der Waals surface area contributed by atoms with E-state index in [0.717, 1.165) is 15.0 Å². The van der Waals surface area contributed by atoms with Gasteiger partial charge in [0.15, 0.2) is 5.06 Å². The number of thiophene rings is 1. The second kappa shape index (κ2) is 11.7. The van der Waals surface area contributed by atoms with E-state index in [4.69, 9.17) is 9.47 Å². The van der Waals surface area contributed by atoms with E-state index in [9.17, 15) is 14.4 Å². The van der Waals surface area contributed by atoms with Crippen LogP contribution in [-0.4, -0.2) is 55.7 Å². The largest absolute Gasteiger partial charge is 0.414 e.